The standard InChI is InChI=1S/C10H16N2O/c1-6-3-4-8(9(12)5-11)10(13)7(6)2/h3-4,9,13H,5,11-12H2,1-2H3/t9-/m1/s1. The van der Waals surface area contributed by atoms with E-state index < -0.39 is 0 Å². The quantitative estimate of drug-likeness (QED) is 0.635. The molecule has 0 saturated heterocycles. The highest BCUT2D eigenvalue weighted by molar-refractivity contribution is 5.45. The van der Waals surface area contributed by atoms with Gasteiger partial charge in [0.15, 0.2) is 0 Å². The minimum Gasteiger partial charge on any atom is -0.507 e. The highest BCUT2D eigenvalue weighted by Crippen LogP contribution is 2.28. The van der Waals surface area contributed by atoms with Crippen molar-refractivity contribution in [3.8, 4) is 5.75 Å². The fourth-order valence-electron chi connectivity index (χ4n) is 1.25. The van der Waals surface area contributed by atoms with Gasteiger partial charge in [-0.3, -0.25) is 0 Å². The summed E-state index contributed by atoms with van der Waals surface area (Å²) in [6.45, 7) is 4.17. The molecule has 0 fully saturated rings. The van der Waals surface area contributed by atoms with Gasteiger partial charge in [0.05, 0.1) is 0 Å². The van der Waals surface area contributed by atoms with Crippen molar-refractivity contribution >= 4 is 0 Å². The molecule has 0 amide bonds. The summed E-state index contributed by atoms with van der Waals surface area (Å²) in [4.78, 5) is 0. The van der Waals surface area contributed by atoms with Gasteiger partial charge >= 0.3 is 0 Å². The number of rotatable bonds is 2. The van der Waals surface area contributed by atoms with Gasteiger partial charge in [-0.05, 0) is 25.0 Å². The summed E-state index contributed by atoms with van der Waals surface area (Å²) < 4.78 is 0. The van der Waals surface area contributed by atoms with E-state index in [2.05, 4.69) is 0 Å². The smallest absolute Gasteiger partial charge is 0.123 e. The van der Waals surface area contributed by atoms with E-state index in [0.29, 0.717) is 6.54 Å². The topological polar surface area (TPSA) is 72.3 Å². The molecule has 5 N–H and O–H groups in total. The van der Waals surface area contributed by atoms with Crippen LogP contribution in [0.25, 0.3) is 0 Å². The van der Waals surface area contributed by atoms with Crippen LogP contribution in [0.4, 0.5) is 0 Å². The minimum atomic E-state index is -0.278. The third-order valence-electron chi connectivity index (χ3n) is 2.39. The van der Waals surface area contributed by atoms with E-state index in [9.17, 15) is 5.11 Å². The monoisotopic (exact) mass is 180 g/mol. The first-order valence-corrected chi connectivity index (χ1v) is 4.32. The average molecular weight is 180 g/mol. The number of hydrogen-bond acceptors (Lipinski definition) is 3. The van der Waals surface area contributed by atoms with Crippen molar-refractivity contribution in [2.45, 2.75) is 19.9 Å². The lowest BCUT2D eigenvalue weighted by molar-refractivity contribution is 0.457. The van der Waals surface area contributed by atoms with E-state index in [1.54, 1.807) is 0 Å². The highest BCUT2D eigenvalue weighted by Gasteiger charge is 2.11. The number of nitrogens with two attached hydrogens (primary N) is 2. The van der Waals surface area contributed by atoms with Crippen molar-refractivity contribution in [1.82, 2.24) is 0 Å². The first-order valence-electron chi connectivity index (χ1n) is 4.32. The molecular weight excluding hydrogens is 164 g/mol. The Kier molecular flexibility index (Phi) is 2.90. The summed E-state index contributed by atoms with van der Waals surface area (Å²) in [5.74, 6) is 0.276. The molecule has 72 valence electrons. The Morgan fingerprint density at radius 3 is 2.54 bits per heavy atom. The van der Waals surface area contributed by atoms with Crippen LogP contribution < -0.4 is 11.5 Å². The van der Waals surface area contributed by atoms with Gasteiger partial charge in [-0.1, -0.05) is 12.1 Å². The lowest BCUT2D eigenvalue weighted by Gasteiger charge is -2.14. The van der Waals surface area contributed by atoms with E-state index in [1.165, 1.54) is 0 Å². The fourth-order valence-corrected chi connectivity index (χ4v) is 1.25. The zero-order valence-corrected chi connectivity index (χ0v) is 8.04. The van der Waals surface area contributed by atoms with Crippen LogP contribution in [0.3, 0.4) is 0 Å². The molecule has 0 aliphatic carbocycles. The highest BCUT2D eigenvalue weighted by atomic mass is 16.3. The number of phenolic OH excluding ortho intramolecular Hbond substituents is 1. The molecule has 0 radical (unpaired) electrons. The predicted molar refractivity (Wildman–Crippen MR) is 53.6 cm³/mol. The van der Waals surface area contributed by atoms with Crippen molar-refractivity contribution in [3.05, 3.63) is 28.8 Å². The van der Waals surface area contributed by atoms with E-state index in [0.717, 1.165) is 16.7 Å². The molecule has 1 rings (SSSR count). The summed E-state index contributed by atoms with van der Waals surface area (Å²) in [6.07, 6.45) is 0. The number of hydrogen-bond donors (Lipinski definition) is 3. The Bertz CT molecular complexity index is 310. The maximum atomic E-state index is 9.74. The molecule has 1 atom stereocenters. The van der Waals surface area contributed by atoms with Gasteiger partial charge in [-0.2, -0.15) is 0 Å². The Morgan fingerprint density at radius 2 is 2.00 bits per heavy atom. The summed E-state index contributed by atoms with van der Waals surface area (Å²) in [5.41, 5.74) is 13.8. The molecule has 1 aromatic rings. The van der Waals surface area contributed by atoms with E-state index in [-0.39, 0.29) is 11.8 Å². The molecule has 1 aromatic carbocycles. The van der Waals surface area contributed by atoms with Crippen LogP contribution in [0.15, 0.2) is 12.1 Å². The van der Waals surface area contributed by atoms with Crippen LogP contribution in [0.5, 0.6) is 5.75 Å². The molecule has 13 heavy (non-hydrogen) atoms. The minimum absolute atomic E-state index is 0.276. The van der Waals surface area contributed by atoms with Gasteiger partial charge in [0.1, 0.15) is 5.75 Å². The van der Waals surface area contributed by atoms with Gasteiger partial charge in [-0.25, -0.2) is 0 Å². The Balaban J connectivity index is 3.18. The van der Waals surface area contributed by atoms with Crippen molar-refractivity contribution in [3.63, 3.8) is 0 Å². The molecule has 0 saturated carbocycles. The average Bonchev–Trinajstić information content (AvgIpc) is 2.13. The molecule has 0 spiro atoms. The lowest BCUT2D eigenvalue weighted by atomic mass is 10.00. The summed E-state index contributed by atoms with van der Waals surface area (Å²) in [7, 11) is 0. The number of aromatic hydroxyl groups is 1. The normalized spacial score (nSPS) is 12.9. The fraction of sp³-hybridized carbons (Fsp3) is 0.400. The van der Waals surface area contributed by atoms with Crippen molar-refractivity contribution in [1.29, 1.82) is 0 Å². The first-order chi connectivity index (χ1) is 6.07. The summed E-state index contributed by atoms with van der Waals surface area (Å²) in [5, 5.41) is 9.74. The zero-order valence-electron chi connectivity index (χ0n) is 8.04. The van der Waals surface area contributed by atoms with Gasteiger partial charge < -0.3 is 16.6 Å². The predicted octanol–water partition coefficient (Wildman–Crippen LogP) is 0.968. The number of aryl methyl sites for hydroxylation is 1. The van der Waals surface area contributed by atoms with Crippen LogP contribution in [-0.4, -0.2) is 11.7 Å². The third kappa shape index (κ3) is 1.82. The van der Waals surface area contributed by atoms with Crippen molar-refractivity contribution < 1.29 is 5.11 Å². The van der Waals surface area contributed by atoms with Crippen LogP contribution in [0.1, 0.15) is 22.7 Å². The number of phenols is 1. The van der Waals surface area contributed by atoms with Gasteiger partial charge in [0.25, 0.3) is 0 Å². The Hall–Kier alpha value is -1.06. The molecular formula is C10H16N2O. The third-order valence-corrected chi connectivity index (χ3v) is 2.39. The first kappa shape index (κ1) is 10.0. The molecule has 0 aliphatic heterocycles. The van der Waals surface area contributed by atoms with Gasteiger partial charge in [-0.15, -0.1) is 0 Å². The summed E-state index contributed by atoms with van der Waals surface area (Å²) >= 11 is 0. The maximum Gasteiger partial charge on any atom is 0.123 e. The summed E-state index contributed by atoms with van der Waals surface area (Å²) in [6, 6.07) is 3.49. The molecule has 3 nitrogen and oxygen atoms in total. The van der Waals surface area contributed by atoms with E-state index >= 15 is 0 Å². The Morgan fingerprint density at radius 1 is 1.38 bits per heavy atom. The molecule has 0 bridgehead atoms. The van der Waals surface area contributed by atoms with Gasteiger partial charge in [0, 0.05) is 18.2 Å². The zero-order chi connectivity index (χ0) is 10.0. The van der Waals surface area contributed by atoms with E-state index in [1.807, 2.05) is 26.0 Å². The number of benzene rings is 1. The maximum absolute atomic E-state index is 9.74. The second-order valence-corrected chi connectivity index (χ2v) is 3.29. The molecule has 0 aliphatic rings. The SMILES string of the molecule is Cc1ccc([C@H](N)CN)c(O)c1C. The van der Waals surface area contributed by atoms with Crippen LogP contribution in [-0.2, 0) is 0 Å². The van der Waals surface area contributed by atoms with Crippen LogP contribution in [0.2, 0.25) is 0 Å². The van der Waals surface area contributed by atoms with Crippen molar-refractivity contribution in [2.24, 2.45) is 11.5 Å². The van der Waals surface area contributed by atoms with Crippen LogP contribution in [0, 0.1) is 13.8 Å². The molecule has 0 aromatic heterocycles. The molecule has 0 unspecified atom stereocenters. The second-order valence-electron chi connectivity index (χ2n) is 3.29. The largest absolute Gasteiger partial charge is 0.507 e. The van der Waals surface area contributed by atoms with Crippen molar-refractivity contribution in [2.75, 3.05) is 6.54 Å². The lowest BCUT2D eigenvalue weighted by Crippen LogP contribution is -2.21. The second kappa shape index (κ2) is 3.77. The Labute approximate surface area is 78.4 Å². The van der Waals surface area contributed by atoms with Gasteiger partial charge in [0.2, 0.25) is 0 Å². The molecule has 3 heteroatoms. The van der Waals surface area contributed by atoms with E-state index in [4.69, 9.17) is 11.5 Å². The van der Waals surface area contributed by atoms with Crippen LogP contribution >= 0.6 is 0 Å². The molecule has 0 heterocycles.